The van der Waals surface area contributed by atoms with E-state index in [2.05, 4.69) is 19.2 Å². The molecule has 3 aromatic carbocycles. The average Bonchev–Trinajstić information content (AvgIpc) is 2.82. The monoisotopic (exact) mass is 480 g/mol. The van der Waals surface area contributed by atoms with Gasteiger partial charge in [-0.1, -0.05) is 55.8 Å². The first-order valence-corrected chi connectivity index (χ1v) is 12.7. The first-order valence-electron chi connectivity index (χ1n) is 11.2. The van der Waals surface area contributed by atoms with E-state index in [4.69, 9.17) is 4.74 Å². The molecule has 180 valence electrons. The number of anilines is 1. The van der Waals surface area contributed by atoms with Crippen LogP contribution in [0.1, 0.15) is 49.4 Å². The van der Waals surface area contributed by atoms with Crippen LogP contribution in [0.5, 0.6) is 5.75 Å². The standard InChI is InChI=1S/C27H32N2O4S/c1-19(2)22-8-12-24(13-9-22)29(34(31,32)26-16-6-20(3)7-17-26)18-27(30)28-21(4)23-10-14-25(33-5)15-11-23/h6-17,19,21H,18H2,1-5H3,(H,28,30). The summed E-state index contributed by atoms with van der Waals surface area (Å²) in [7, 11) is -2.36. The highest BCUT2D eigenvalue weighted by atomic mass is 32.2. The van der Waals surface area contributed by atoms with Gasteiger partial charge >= 0.3 is 0 Å². The van der Waals surface area contributed by atoms with Crippen LogP contribution in [0, 0.1) is 6.92 Å². The lowest BCUT2D eigenvalue weighted by Gasteiger charge is -2.25. The van der Waals surface area contributed by atoms with Gasteiger partial charge < -0.3 is 10.1 Å². The molecule has 0 aromatic heterocycles. The van der Waals surface area contributed by atoms with E-state index in [1.54, 1.807) is 43.5 Å². The normalized spacial score (nSPS) is 12.3. The molecule has 0 radical (unpaired) electrons. The lowest BCUT2D eigenvalue weighted by molar-refractivity contribution is -0.120. The summed E-state index contributed by atoms with van der Waals surface area (Å²) in [5.74, 6) is 0.638. The maximum Gasteiger partial charge on any atom is 0.264 e. The van der Waals surface area contributed by atoms with Gasteiger partial charge in [0.2, 0.25) is 5.91 Å². The van der Waals surface area contributed by atoms with Gasteiger partial charge in [0.1, 0.15) is 12.3 Å². The maximum absolute atomic E-state index is 13.6. The Labute approximate surface area is 202 Å². The van der Waals surface area contributed by atoms with Gasteiger partial charge in [0.05, 0.1) is 23.7 Å². The van der Waals surface area contributed by atoms with Crippen molar-refractivity contribution in [1.29, 1.82) is 0 Å². The first-order chi connectivity index (χ1) is 16.1. The van der Waals surface area contributed by atoms with Gasteiger partial charge in [0, 0.05) is 0 Å². The van der Waals surface area contributed by atoms with Crippen molar-refractivity contribution in [2.75, 3.05) is 18.0 Å². The number of benzene rings is 3. The van der Waals surface area contributed by atoms with Crippen LogP contribution in [-0.4, -0.2) is 28.0 Å². The zero-order chi connectivity index (χ0) is 24.9. The maximum atomic E-state index is 13.6. The molecule has 0 heterocycles. The summed E-state index contributed by atoms with van der Waals surface area (Å²) < 4.78 is 33.5. The van der Waals surface area contributed by atoms with Gasteiger partial charge in [0.25, 0.3) is 10.0 Å². The number of rotatable bonds is 9. The summed E-state index contributed by atoms with van der Waals surface area (Å²) in [5, 5.41) is 2.91. The molecule has 34 heavy (non-hydrogen) atoms. The Morgan fingerprint density at radius 3 is 1.97 bits per heavy atom. The molecule has 3 rings (SSSR count). The van der Waals surface area contributed by atoms with Gasteiger partial charge in [-0.15, -0.1) is 0 Å². The van der Waals surface area contributed by atoms with Crippen molar-refractivity contribution in [1.82, 2.24) is 5.32 Å². The van der Waals surface area contributed by atoms with Gasteiger partial charge in [-0.25, -0.2) is 8.42 Å². The number of nitrogens with one attached hydrogen (secondary N) is 1. The molecule has 0 bridgehead atoms. The molecule has 3 aromatic rings. The number of hydrogen-bond acceptors (Lipinski definition) is 4. The van der Waals surface area contributed by atoms with Crippen molar-refractivity contribution in [3.8, 4) is 5.75 Å². The highest BCUT2D eigenvalue weighted by Gasteiger charge is 2.27. The van der Waals surface area contributed by atoms with Crippen LogP contribution in [0.3, 0.4) is 0 Å². The third kappa shape index (κ3) is 5.97. The molecular formula is C27H32N2O4S. The van der Waals surface area contributed by atoms with E-state index in [1.807, 2.05) is 50.2 Å². The molecule has 0 saturated carbocycles. The molecule has 1 N–H and O–H groups in total. The van der Waals surface area contributed by atoms with Gasteiger partial charge in [-0.05, 0) is 67.3 Å². The van der Waals surface area contributed by atoms with Crippen molar-refractivity contribution < 1.29 is 17.9 Å². The van der Waals surface area contributed by atoms with Crippen LogP contribution in [0.2, 0.25) is 0 Å². The molecule has 0 aliphatic carbocycles. The number of nitrogens with zero attached hydrogens (tertiary/aromatic N) is 1. The van der Waals surface area contributed by atoms with E-state index in [9.17, 15) is 13.2 Å². The van der Waals surface area contributed by atoms with Crippen molar-refractivity contribution in [3.05, 3.63) is 89.5 Å². The summed E-state index contributed by atoms with van der Waals surface area (Å²) in [6.07, 6.45) is 0. The number of sulfonamides is 1. The molecule has 1 amide bonds. The molecular weight excluding hydrogens is 448 g/mol. The lowest BCUT2D eigenvalue weighted by atomic mass is 10.0. The fraction of sp³-hybridized carbons (Fsp3) is 0.296. The zero-order valence-electron chi connectivity index (χ0n) is 20.3. The van der Waals surface area contributed by atoms with Crippen LogP contribution in [0.4, 0.5) is 5.69 Å². The molecule has 0 aliphatic heterocycles. The minimum atomic E-state index is -3.95. The summed E-state index contributed by atoms with van der Waals surface area (Å²) in [4.78, 5) is 13.1. The Balaban J connectivity index is 1.88. The molecule has 7 heteroatoms. The Morgan fingerprint density at radius 1 is 0.882 bits per heavy atom. The van der Waals surface area contributed by atoms with Crippen LogP contribution in [0.15, 0.2) is 77.7 Å². The number of methoxy groups -OCH3 is 1. The zero-order valence-corrected chi connectivity index (χ0v) is 21.1. The predicted molar refractivity (Wildman–Crippen MR) is 136 cm³/mol. The smallest absolute Gasteiger partial charge is 0.264 e. The molecule has 0 saturated heterocycles. The number of carbonyl (C=O) groups excluding carboxylic acids is 1. The predicted octanol–water partition coefficient (Wildman–Crippen LogP) is 5.20. The van der Waals surface area contributed by atoms with Gasteiger partial charge in [0.15, 0.2) is 0 Å². The first kappa shape index (κ1) is 25.3. The minimum Gasteiger partial charge on any atom is -0.497 e. The number of amides is 1. The second kappa shape index (κ2) is 10.7. The third-order valence-corrected chi connectivity index (χ3v) is 7.53. The molecule has 1 atom stereocenters. The Morgan fingerprint density at radius 2 is 1.44 bits per heavy atom. The Hall–Kier alpha value is -3.32. The molecule has 0 fully saturated rings. The van der Waals surface area contributed by atoms with Crippen molar-refractivity contribution in [2.24, 2.45) is 0 Å². The largest absolute Gasteiger partial charge is 0.497 e. The van der Waals surface area contributed by atoms with Crippen LogP contribution in [-0.2, 0) is 14.8 Å². The Kier molecular flexibility index (Phi) is 7.99. The summed E-state index contributed by atoms with van der Waals surface area (Å²) in [5.41, 5.74) is 3.38. The summed E-state index contributed by atoms with van der Waals surface area (Å²) in [6.45, 7) is 7.56. The Bertz CT molecular complexity index is 1200. The fourth-order valence-electron chi connectivity index (χ4n) is 3.57. The number of ether oxygens (including phenoxy) is 1. The van der Waals surface area contributed by atoms with E-state index in [1.165, 1.54) is 0 Å². The average molecular weight is 481 g/mol. The number of aryl methyl sites for hydroxylation is 1. The SMILES string of the molecule is COc1ccc(C(C)NC(=O)CN(c2ccc(C(C)C)cc2)S(=O)(=O)c2ccc(C)cc2)cc1. The van der Waals surface area contributed by atoms with E-state index in [0.717, 1.165) is 26.7 Å². The number of carbonyl (C=O) groups is 1. The van der Waals surface area contributed by atoms with E-state index >= 15 is 0 Å². The lowest BCUT2D eigenvalue weighted by Crippen LogP contribution is -2.41. The second-order valence-electron chi connectivity index (χ2n) is 8.63. The molecule has 0 aliphatic rings. The van der Waals surface area contributed by atoms with Gasteiger partial charge in [-0.2, -0.15) is 0 Å². The topological polar surface area (TPSA) is 75.7 Å². The molecule has 0 spiro atoms. The number of hydrogen-bond donors (Lipinski definition) is 1. The van der Waals surface area contributed by atoms with Crippen molar-refractivity contribution in [2.45, 2.75) is 44.6 Å². The van der Waals surface area contributed by atoms with E-state index < -0.39 is 15.9 Å². The van der Waals surface area contributed by atoms with Crippen LogP contribution >= 0.6 is 0 Å². The molecule has 1 unspecified atom stereocenters. The quantitative estimate of drug-likeness (QED) is 0.457. The van der Waals surface area contributed by atoms with Crippen molar-refractivity contribution in [3.63, 3.8) is 0 Å². The third-order valence-electron chi connectivity index (χ3n) is 5.74. The van der Waals surface area contributed by atoms with E-state index in [-0.39, 0.29) is 17.5 Å². The van der Waals surface area contributed by atoms with Crippen molar-refractivity contribution >= 4 is 21.6 Å². The second-order valence-corrected chi connectivity index (χ2v) is 10.5. The van der Waals surface area contributed by atoms with Crippen LogP contribution in [0.25, 0.3) is 0 Å². The summed E-state index contributed by atoms with van der Waals surface area (Å²) >= 11 is 0. The summed E-state index contributed by atoms with van der Waals surface area (Å²) in [6, 6.07) is 21.0. The fourth-order valence-corrected chi connectivity index (χ4v) is 4.99. The highest BCUT2D eigenvalue weighted by molar-refractivity contribution is 7.92. The minimum absolute atomic E-state index is 0.141. The van der Waals surface area contributed by atoms with E-state index in [0.29, 0.717) is 11.6 Å². The van der Waals surface area contributed by atoms with Gasteiger partial charge in [-0.3, -0.25) is 9.10 Å². The highest BCUT2D eigenvalue weighted by Crippen LogP contribution is 2.26. The molecule has 6 nitrogen and oxygen atoms in total. The van der Waals surface area contributed by atoms with Crippen LogP contribution < -0.4 is 14.4 Å².